The normalized spacial score (nSPS) is 15.0. The Labute approximate surface area is 185 Å². The quantitative estimate of drug-likeness (QED) is 0.386. The van der Waals surface area contributed by atoms with Crippen molar-refractivity contribution in [1.82, 2.24) is 4.90 Å². The van der Waals surface area contributed by atoms with E-state index in [-0.39, 0.29) is 17.7 Å². The molecule has 0 N–H and O–H groups in total. The Balaban J connectivity index is 1.91. The van der Waals surface area contributed by atoms with Gasteiger partial charge in [0.15, 0.2) is 11.5 Å². The average Bonchev–Trinajstić information content (AvgIpc) is 2.96. The molecular formula is C23H22ClNO4S. The van der Waals surface area contributed by atoms with E-state index in [0.29, 0.717) is 34.5 Å². The first-order valence-corrected chi connectivity index (χ1v) is 10.6. The van der Waals surface area contributed by atoms with E-state index in [0.717, 1.165) is 28.5 Å². The molecule has 2 aromatic rings. The number of hydrogen-bond acceptors (Lipinski definition) is 5. The molecule has 1 fully saturated rings. The highest BCUT2D eigenvalue weighted by Gasteiger charge is 2.35. The third kappa shape index (κ3) is 4.89. The molecule has 156 valence electrons. The largest absolute Gasteiger partial charge is 0.493 e. The first-order chi connectivity index (χ1) is 14.5. The zero-order chi connectivity index (χ0) is 21.7. The lowest BCUT2D eigenvalue weighted by Crippen LogP contribution is -2.27. The highest BCUT2D eigenvalue weighted by Crippen LogP contribution is 2.37. The first kappa shape index (κ1) is 22.0. The van der Waals surface area contributed by atoms with Gasteiger partial charge in [0, 0.05) is 10.6 Å². The minimum atomic E-state index is -0.330. The molecule has 0 spiro atoms. The fourth-order valence-electron chi connectivity index (χ4n) is 3.17. The van der Waals surface area contributed by atoms with Crippen LogP contribution in [-0.4, -0.2) is 29.8 Å². The molecule has 0 unspecified atom stereocenters. The lowest BCUT2D eigenvalue weighted by molar-refractivity contribution is -0.123. The number of carbonyl (C=O) groups excluding carboxylic acids is 2. The molecule has 1 heterocycles. The van der Waals surface area contributed by atoms with Crippen molar-refractivity contribution in [2.24, 2.45) is 0 Å². The summed E-state index contributed by atoms with van der Waals surface area (Å²) in [5, 5.41) is 0.252. The van der Waals surface area contributed by atoms with Gasteiger partial charge in [-0.2, -0.15) is 0 Å². The third-order valence-corrected chi connectivity index (χ3v) is 5.57. The number of halogens is 1. The van der Waals surface area contributed by atoms with Gasteiger partial charge in [-0.1, -0.05) is 29.8 Å². The van der Waals surface area contributed by atoms with Crippen LogP contribution in [0, 0.1) is 0 Å². The summed E-state index contributed by atoms with van der Waals surface area (Å²) in [7, 11) is 1.59. The van der Waals surface area contributed by atoms with Crippen LogP contribution in [0.25, 0.3) is 6.08 Å². The molecule has 0 aromatic heterocycles. The van der Waals surface area contributed by atoms with Gasteiger partial charge >= 0.3 is 0 Å². The van der Waals surface area contributed by atoms with Crippen LogP contribution in [0.5, 0.6) is 11.5 Å². The van der Waals surface area contributed by atoms with Crippen LogP contribution in [0.2, 0.25) is 5.02 Å². The molecule has 2 aromatic carbocycles. The van der Waals surface area contributed by atoms with Crippen molar-refractivity contribution in [3.63, 3.8) is 0 Å². The van der Waals surface area contributed by atoms with Gasteiger partial charge in [-0.25, -0.2) is 0 Å². The zero-order valence-electron chi connectivity index (χ0n) is 16.8. The van der Waals surface area contributed by atoms with E-state index < -0.39 is 0 Å². The van der Waals surface area contributed by atoms with Crippen LogP contribution < -0.4 is 9.47 Å². The second-order valence-corrected chi connectivity index (χ2v) is 7.96. The van der Waals surface area contributed by atoms with Crippen LogP contribution in [0.1, 0.15) is 23.6 Å². The second-order valence-electron chi connectivity index (χ2n) is 6.54. The SMILES string of the molecule is C=CCc1cc(/C=C2\SC(=O)N(Cc3cccc(Cl)c3)C2=O)cc(OCC)c1OC. The van der Waals surface area contributed by atoms with Gasteiger partial charge in [0.2, 0.25) is 0 Å². The maximum atomic E-state index is 12.9. The highest BCUT2D eigenvalue weighted by atomic mass is 35.5. The number of nitrogens with zero attached hydrogens (tertiary/aromatic N) is 1. The third-order valence-electron chi connectivity index (χ3n) is 4.42. The molecule has 0 saturated carbocycles. The molecule has 0 bridgehead atoms. The van der Waals surface area contributed by atoms with Gasteiger partial charge in [-0.15, -0.1) is 6.58 Å². The summed E-state index contributed by atoms with van der Waals surface area (Å²) in [5.74, 6) is 0.899. The number of imide groups is 1. The maximum Gasteiger partial charge on any atom is 0.293 e. The molecule has 2 amide bonds. The molecule has 1 aliphatic heterocycles. The minimum Gasteiger partial charge on any atom is -0.493 e. The molecule has 3 rings (SSSR count). The van der Waals surface area contributed by atoms with Crippen molar-refractivity contribution in [1.29, 1.82) is 0 Å². The van der Waals surface area contributed by atoms with E-state index in [2.05, 4.69) is 6.58 Å². The van der Waals surface area contributed by atoms with E-state index in [1.807, 2.05) is 19.1 Å². The number of benzene rings is 2. The topological polar surface area (TPSA) is 55.8 Å². The molecule has 1 aliphatic rings. The summed E-state index contributed by atoms with van der Waals surface area (Å²) in [6.45, 7) is 6.33. The van der Waals surface area contributed by atoms with E-state index in [9.17, 15) is 9.59 Å². The Morgan fingerprint density at radius 3 is 2.70 bits per heavy atom. The van der Waals surface area contributed by atoms with Gasteiger partial charge in [-0.05, 0) is 66.6 Å². The van der Waals surface area contributed by atoms with Crippen molar-refractivity contribution >= 4 is 40.6 Å². The van der Waals surface area contributed by atoms with Gasteiger partial charge in [-0.3, -0.25) is 14.5 Å². The number of amides is 2. The summed E-state index contributed by atoms with van der Waals surface area (Å²) in [4.78, 5) is 26.9. The summed E-state index contributed by atoms with van der Waals surface area (Å²) in [6, 6.07) is 10.8. The Morgan fingerprint density at radius 2 is 2.03 bits per heavy atom. The van der Waals surface area contributed by atoms with Crippen LogP contribution in [-0.2, 0) is 17.8 Å². The van der Waals surface area contributed by atoms with E-state index in [1.54, 1.807) is 43.5 Å². The smallest absolute Gasteiger partial charge is 0.293 e. The van der Waals surface area contributed by atoms with Crippen molar-refractivity contribution < 1.29 is 19.1 Å². The standard InChI is InChI=1S/C23H22ClNO4S/c1-4-7-17-10-16(12-19(29-5-2)21(17)28-3)13-20-22(26)25(23(27)30-20)14-15-8-6-9-18(24)11-15/h4,6,8-13H,1,5,7,14H2,2-3H3/b20-13-. The predicted octanol–water partition coefficient (Wildman–Crippen LogP) is 5.71. The molecular weight excluding hydrogens is 422 g/mol. The monoisotopic (exact) mass is 443 g/mol. The number of rotatable bonds is 8. The van der Waals surface area contributed by atoms with Crippen LogP contribution >= 0.6 is 23.4 Å². The summed E-state index contributed by atoms with van der Waals surface area (Å²) in [5.41, 5.74) is 2.44. The molecule has 1 saturated heterocycles. The Kier molecular flexibility index (Phi) is 7.24. The molecule has 0 atom stereocenters. The van der Waals surface area contributed by atoms with Crippen LogP contribution in [0.4, 0.5) is 4.79 Å². The zero-order valence-corrected chi connectivity index (χ0v) is 18.4. The van der Waals surface area contributed by atoms with Crippen LogP contribution in [0.3, 0.4) is 0 Å². The van der Waals surface area contributed by atoms with Crippen molar-refractivity contribution in [2.45, 2.75) is 19.9 Å². The minimum absolute atomic E-state index is 0.178. The molecule has 0 radical (unpaired) electrons. The van der Waals surface area contributed by atoms with Gasteiger partial charge in [0.1, 0.15) is 0 Å². The van der Waals surface area contributed by atoms with Gasteiger partial charge in [0.05, 0.1) is 25.2 Å². The molecule has 5 nitrogen and oxygen atoms in total. The second kappa shape index (κ2) is 9.87. The number of methoxy groups -OCH3 is 1. The number of allylic oxidation sites excluding steroid dienone is 1. The van der Waals surface area contributed by atoms with E-state index in [1.165, 1.54) is 4.90 Å². The maximum absolute atomic E-state index is 12.9. The Bertz CT molecular complexity index is 1020. The van der Waals surface area contributed by atoms with Gasteiger partial charge in [0.25, 0.3) is 11.1 Å². The Hall–Kier alpha value is -2.70. The number of ether oxygens (including phenoxy) is 2. The predicted molar refractivity (Wildman–Crippen MR) is 121 cm³/mol. The summed E-state index contributed by atoms with van der Waals surface area (Å²) in [6.07, 6.45) is 4.06. The molecule has 0 aliphatic carbocycles. The van der Waals surface area contributed by atoms with Crippen molar-refractivity contribution in [3.8, 4) is 11.5 Å². The average molecular weight is 444 g/mol. The number of hydrogen-bond donors (Lipinski definition) is 0. The van der Waals surface area contributed by atoms with E-state index >= 15 is 0 Å². The number of carbonyl (C=O) groups is 2. The van der Waals surface area contributed by atoms with Crippen molar-refractivity contribution in [3.05, 3.63) is 75.7 Å². The van der Waals surface area contributed by atoms with Crippen LogP contribution in [0.15, 0.2) is 54.0 Å². The number of thioether (sulfide) groups is 1. The molecule has 30 heavy (non-hydrogen) atoms. The molecule has 7 heteroatoms. The van der Waals surface area contributed by atoms with Crippen molar-refractivity contribution in [2.75, 3.05) is 13.7 Å². The lowest BCUT2D eigenvalue weighted by atomic mass is 10.0. The first-order valence-electron chi connectivity index (χ1n) is 9.41. The fraction of sp³-hybridized carbons (Fsp3) is 0.217. The summed E-state index contributed by atoms with van der Waals surface area (Å²) < 4.78 is 11.2. The summed E-state index contributed by atoms with van der Waals surface area (Å²) >= 11 is 6.93. The Morgan fingerprint density at radius 1 is 1.23 bits per heavy atom. The van der Waals surface area contributed by atoms with Gasteiger partial charge < -0.3 is 9.47 Å². The highest BCUT2D eigenvalue weighted by molar-refractivity contribution is 8.18. The van der Waals surface area contributed by atoms with E-state index in [4.69, 9.17) is 21.1 Å². The fourth-order valence-corrected chi connectivity index (χ4v) is 4.23. The lowest BCUT2D eigenvalue weighted by Gasteiger charge is -2.14.